The SMILES string of the molecule is CC(=O)N1CCc2cc(S(=O)(=O)Nc3ccc(C)c(S(=O)(=O)N4CCCCCC4)c3)ccc21. The third-order valence-electron chi connectivity index (χ3n) is 6.26. The van der Waals surface area contributed by atoms with Crippen molar-refractivity contribution in [3.63, 3.8) is 0 Å². The molecule has 0 atom stereocenters. The fourth-order valence-corrected chi connectivity index (χ4v) is 7.32. The Morgan fingerprint density at radius 1 is 0.909 bits per heavy atom. The number of anilines is 2. The van der Waals surface area contributed by atoms with Crippen molar-refractivity contribution in [2.75, 3.05) is 29.3 Å². The van der Waals surface area contributed by atoms with Crippen molar-refractivity contribution in [1.29, 1.82) is 0 Å². The van der Waals surface area contributed by atoms with Gasteiger partial charge in [-0.3, -0.25) is 9.52 Å². The molecule has 0 bridgehead atoms. The Labute approximate surface area is 195 Å². The van der Waals surface area contributed by atoms with Gasteiger partial charge in [-0.1, -0.05) is 18.9 Å². The van der Waals surface area contributed by atoms with Gasteiger partial charge in [0, 0.05) is 32.2 Å². The monoisotopic (exact) mass is 491 g/mol. The molecule has 178 valence electrons. The molecule has 1 fully saturated rings. The summed E-state index contributed by atoms with van der Waals surface area (Å²) in [7, 11) is -7.66. The molecule has 10 heteroatoms. The number of nitrogens with one attached hydrogen (secondary N) is 1. The van der Waals surface area contributed by atoms with Gasteiger partial charge in [0.15, 0.2) is 0 Å². The van der Waals surface area contributed by atoms with Crippen molar-refractivity contribution in [3.05, 3.63) is 47.5 Å². The lowest BCUT2D eigenvalue weighted by atomic mass is 10.2. The van der Waals surface area contributed by atoms with Gasteiger partial charge in [-0.15, -0.1) is 0 Å². The molecule has 0 unspecified atom stereocenters. The van der Waals surface area contributed by atoms with Gasteiger partial charge in [0.25, 0.3) is 10.0 Å². The number of aryl methyl sites for hydroxylation is 1. The van der Waals surface area contributed by atoms with Gasteiger partial charge in [0.1, 0.15) is 0 Å². The molecule has 2 aliphatic heterocycles. The average Bonchev–Trinajstić information content (AvgIpc) is 2.99. The van der Waals surface area contributed by atoms with E-state index in [2.05, 4.69) is 4.72 Å². The van der Waals surface area contributed by atoms with E-state index in [4.69, 9.17) is 0 Å². The molecule has 2 heterocycles. The molecule has 0 aliphatic carbocycles. The Morgan fingerprint density at radius 2 is 1.61 bits per heavy atom. The average molecular weight is 492 g/mol. The molecule has 1 N–H and O–H groups in total. The van der Waals surface area contributed by atoms with Crippen LogP contribution in [0, 0.1) is 6.92 Å². The van der Waals surface area contributed by atoms with E-state index in [0.717, 1.165) is 36.9 Å². The van der Waals surface area contributed by atoms with Crippen molar-refractivity contribution in [2.24, 2.45) is 0 Å². The summed E-state index contributed by atoms with van der Waals surface area (Å²) in [5.74, 6) is -0.0831. The lowest BCUT2D eigenvalue weighted by Gasteiger charge is -2.21. The maximum Gasteiger partial charge on any atom is 0.261 e. The number of hydrogen-bond acceptors (Lipinski definition) is 5. The summed E-state index contributed by atoms with van der Waals surface area (Å²) in [6.45, 7) is 4.67. The fraction of sp³-hybridized carbons (Fsp3) is 0.435. The maximum absolute atomic E-state index is 13.3. The third-order valence-corrected chi connectivity index (χ3v) is 9.68. The zero-order valence-electron chi connectivity index (χ0n) is 18.9. The number of fused-ring (bicyclic) bond motifs is 1. The topological polar surface area (TPSA) is 104 Å². The largest absolute Gasteiger partial charge is 0.312 e. The Kier molecular flexibility index (Phi) is 6.52. The normalized spacial score (nSPS) is 17.5. The molecule has 2 aliphatic rings. The molecule has 4 rings (SSSR count). The van der Waals surface area contributed by atoms with Crippen molar-refractivity contribution >= 4 is 37.3 Å². The summed E-state index contributed by atoms with van der Waals surface area (Å²) < 4.78 is 56.7. The van der Waals surface area contributed by atoms with Crippen LogP contribution in [0.5, 0.6) is 0 Å². The number of carbonyl (C=O) groups is 1. The van der Waals surface area contributed by atoms with E-state index in [1.54, 1.807) is 36.1 Å². The lowest BCUT2D eigenvalue weighted by molar-refractivity contribution is -0.116. The Balaban J connectivity index is 1.61. The Morgan fingerprint density at radius 3 is 2.27 bits per heavy atom. The Hall–Kier alpha value is -2.43. The number of amides is 1. The molecule has 2 aromatic rings. The second-order valence-electron chi connectivity index (χ2n) is 8.62. The minimum absolute atomic E-state index is 0.0733. The quantitative estimate of drug-likeness (QED) is 0.691. The van der Waals surface area contributed by atoms with Gasteiger partial charge < -0.3 is 4.90 Å². The molecular weight excluding hydrogens is 462 g/mol. The minimum atomic E-state index is -3.94. The number of hydrogen-bond donors (Lipinski definition) is 1. The number of sulfonamides is 2. The molecule has 1 saturated heterocycles. The van der Waals surface area contributed by atoms with Crippen LogP contribution in [0.1, 0.15) is 43.7 Å². The Bertz CT molecular complexity index is 1280. The second-order valence-corrected chi connectivity index (χ2v) is 12.2. The van der Waals surface area contributed by atoms with Gasteiger partial charge in [-0.25, -0.2) is 16.8 Å². The summed E-state index contributed by atoms with van der Waals surface area (Å²) in [6, 6.07) is 9.27. The number of nitrogens with zero attached hydrogens (tertiary/aromatic N) is 2. The molecule has 0 aromatic heterocycles. The van der Waals surface area contributed by atoms with Gasteiger partial charge >= 0.3 is 0 Å². The highest BCUT2D eigenvalue weighted by Gasteiger charge is 2.28. The van der Waals surface area contributed by atoms with Crippen LogP contribution in [0.4, 0.5) is 11.4 Å². The molecule has 8 nitrogen and oxygen atoms in total. The molecule has 0 spiro atoms. The third kappa shape index (κ3) is 4.78. The lowest BCUT2D eigenvalue weighted by Crippen LogP contribution is -2.32. The van der Waals surface area contributed by atoms with E-state index in [-0.39, 0.29) is 21.4 Å². The highest BCUT2D eigenvalue weighted by molar-refractivity contribution is 7.92. The van der Waals surface area contributed by atoms with Crippen LogP contribution >= 0.6 is 0 Å². The predicted molar refractivity (Wildman–Crippen MR) is 127 cm³/mol. The van der Waals surface area contributed by atoms with Crippen LogP contribution in [0.3, 0.4) is 0 Å². The van der Waals surface area contributed by atoms with E-state index in [0.29, 0.717) is 31.6 Å². The van der Waals surface area contributed by atoms with Crippen LogP contribution in [0.15, 0.2) is 46.2 Å². The van der Waals surface area contributed by atoms with Crippen LogP contribution in [0.2, 0.25) is 0 Å². The molecule has 0 radical (unpaired) electrons. The van der Waals surface area contributed by atoms with Crippen molar-refractivity contribution in [2.45, 2.75) is 55.7 Å². The first-order chi connectivity index (χ1) is 15.6. The number of carbonyl (C=O) groups excluding carboxylic acids is 1. The smallest absolute Gasteiger partial charge is 0.261 e. The van der Waals surface area contributed by atoms with E-state index >= 15 is 0 Å². The molecule has 2 aromatic carbocycles. The standard InChI is InChI=1S/C23H29N3O5S2/c1-17-7-8-20(16-23(17)33(30,31)25-12-5-3-4-6-13-25)24-32(28,29)21-9-10-22-19(15-21)11-14-26(22)18(2)27/h7-10,15-16,24H,3-6,11-14H2,1-2H3. The van der Waals surface area contributed by atoms with Crippen LogP contribution in [-0.4, -0.2) is 46.7 Å². The van der Waals surface area contributed by atoms with Gasteiger partial charge in [0.2, 0.25) is 15.9 Å². The minimum Gasteiger partial charge on any atom is -0.312 e. The molecular formula is C23H29N3O5S2. The maximum atomic E-state index is 13.3. The number of benzene rings is 2. The first-order valence-corrected chi connectivity index (χ1v) is 14.1. The van der Waals surface area contributed by atoms with E-state index < -0.39 is 20.0 Å². The van der Waals surface area contributed by atoms with Crippen LogP contribution in [0.25, 0.3) is 0 Å². The summed E-state index contributed by atoms with van der Waals surface area (Å²) in [5, 5.41) is 0. The summed E-state index contributed by atoms with van der Waals surface area (Å²) in [5.41, 5.74) is 2.29. The zero-order valence-corrected chi connectivity index (χ0v) is 20.5. The fourth-order valence-electron chi connectivity index (χ4n) is 4.45. The molecule has 33 heavy (non-hydrogen) atoms. The zero-order chi connectivity index (χ0) is 23.8. The molecule has 1 amide bonds. The van der Waals surface area contributed by atoms with E-state index in [1.165, 1.54) is 23.4 Å². The predicted octanol–water partition coefficient (Wildman–Crippen LogP) is 3.27. The van der Waals surface area contributed by atoms with E-state index in [1.807, 2.05) is 0 Å². The summed E-state index contributed by atoms with van der Waals surface area (Å²) >= 11 is 0. The van der Waals surface area contributed by atoms with Crippen molar-refractivity contribution < 1.29 is 21.6 Å². The van der Waals surface area contributed by atoms with Gasteiger partial charge in [-0.05, 0) is 67.6 Å². The summed E-state index contributed by atoms with van der Waals surface area (Å²) in [6.07, 6.45) is 4.25. The molecule has 0 saturated carbocycles. The first-order valence-electron chi connectivity index (χ1n) is 11.1. The van der Waals surface area contributed by atoms with Crippen molar-refractivity contribution in [1.82, 2.24) is 4.31 Å². The van der Waals surface area contributed by atoms with Crippen molar-refractivity contribution in [3.8, 4) is 0 Å². The number of rotatable bonds is 5. The van der Waals surface area contributed by atoms with Gasteiger partial charge in [0.05, 0.1) is 15.5 Å². The second kappa shape index (κ2) is 9.08. The highest BCUT2D eigenvalue weighted by Crippen LogP contribution is 2.31. The first kappa shape index (κ1) is 23.7. The van der Waals surface area contributed by atoms with Crippen LogP contribution < -0.4 is 9.62 Å². The summed E-state index contributed by atoms with van der Waals surface area (Å²) in [4.78, 5) is 13.6. The highest BCUT2D eigenvalue weighted by atomic mass is 32.2. The van der Waals surface area contributed by atoms with Crippen LogP contribution in [-0.2, 0) is 31.3 Å². The van der Waals surface area contributed by atoms with E-state index in [9.17, 15) is 21.6 Å². The van der Waals surface area contributed by atoms with Gasteiger partial charge in [-0.2, -0.15) is 4.31 Å².